The van der Waals surface area contributed by atoms with Crippen LogP contribution in [0.1, 0.15) is 37.3 Å². The highest BCUT2D eigenvalue weighted by molar-refractivity contribution is 5.80. The first-order valence-corrected chi connectivity index (χ1v) is 6.75. The van der Waals surface area contributed by atoms with Crippen molar-refractivity contribution in [1.82, 2.24) is 10.2 Å². The van der Waals surface area contributed by atoms with Crippen LogP contribution in [0.15, 0.2) is 29.3 Å². The van der Waals surface area contributed by atoms with Gasteiger partial charge in [-0.25, -0.2) is 0 Å². The molecule has 18 heavy (non-hydrogen) atoms. The molecule has 0 saturated carbocycles. The minimum atomic E-state index is 0.583. The van der Waals surface area contributed by atoms with Crippen LogP contribution in [0, 0.1) is 0 Å². The van der Waals surface area contributed by atoms with Crippen molar-refractivity contribution in [2.75, 3.05) is 20.1 Å². The van der Waals surface area contributed by atoms with Crippen LogP contribution in [0.3, 0.4) is 0 Å². The summed E-state index contributed by atoms with van der Waals surface area (Å²) in [6, 6.07) is 8.78. The van der Waals surface area contributed by atoms with Crippen molar-refractivity contribution in [3.8, 4) is 0 Å². The van der Waals surface area contributed by atoms with Crippen molar-refractivity contribution in [3.05, 3.63) is 35.4 Å². The first-order valence-electron chi connectivity index (χ1n) is 6.75. The fraction of sp³-hybridized carbons (Fsp3) is 0.533. The maximum absolute atomic E-state index is 4.51. The van der Waals surface area contributed by atoms with Crippen molar-refractivity contribution in [2.45, 2.75) is 32.7 Å². The summed E-state index contributed by atoms with van der Waals surface area (Å²) < 4.78 is 0. The molecule has 0 fully saturated rings. The number of hydrogen-bond donors (Lipinski definition) is 1. The Hall–Kier alpha value is -1.51. The summed E-state index contributed by atoms with van der Waals surface area (Å²) in [5, 5.41) is 3.43. The van der Waals surface area contributed by atoms with E-state index in [-0.39, 0.29) is 0 Å². The van der Waals surface area contributed by atoms with E-state index in [0.717, 1.165) is 32.0 Å². The van der Waals surface area contributed by atoms with Crippen LogP contribution in [0.5, 0.6) is 0 Å². The van der Waals surface area contributed by atoms with E-state index in [1.807, 2.05) is 0 Å². The maximum atomic E-state index is 4.51. The van der Waals surface area contributed by atoms with Gasteiger partial charge in [-0.1, -0.05) is 38.1 Å². The third kappa shape index (κ3) is 3.25. The van der Waals surface area contributed by atoms with Gasteiger partial charge in [0.1, 0.15) is 0 Å². The zero-order chi connectivity index (χ0) is 13.0. The molecule has 1 aliphatic heterocycles. The number of benzene rings is 1. The lowest BCUT2D eigenvalue weighted by molar-refractivity contribution is 0.446. The normalized spacial score (nSPS) is 15.8. The molecule has 1 heterocycles. The van der Waals surface area contributed by atoms with Gasteiger partial charge in [0.05, 0.1) is 0 Å². The highest BCUT2D eigenvalue weighted by Gasteiger charge is 2.10. The predicted molar refractivity (Wildman–Crippen MR) is 76.9 cm³/mol. The van der Waals surface area contributed by atoms with Gasteiger partial charge in [-0.15, -0.1) is 0 Å². The average Bonchev–Trinajstić information content (AvgIpc) is 2.38. The number of rotatable bonds is 3. The maximum Gasteiger partial charge on any atom is 0.193 e. The molecule has 1 aromatic rings. The molecule has 98 valence electrons. The van der Waals surface area contributed by atoms with E-state index in [2.05, 4.69) is 60.4 Å². The second-order valence-electron chi connectivity index (χ2n) is 5.23. The van der Waals surface area contributed by atoms with Crippen molar-refractivity contribution >= 4 is 5.96 Å². The fourth-order valence-corrected chi connectivity index (χ4v) is 2.15. The van der Waals surface area contributed by atoms with E-state index < -0.39 is 0 Å². The summed E-state index contributed by atoms with van der Waals surface area (Å²) >= 11 is 0. The second kappa shape index (κ2) is 5.89. The lowest BCUT2D eigenvalue weighted by Crippen LogP contribution is -2.41. The minimum absolute atomic E-state index is 0.583. The molecule has 2 rings (SSSR count). The molecule has 1 N–H and O–H groups in total. The SMILES string of the molecule is CC(C)c1cccc(CNC2=NCCCN2C)c1. The second-order valence-corrected chi connectivity index (χ2v) is 5.23. The van der Waals surface area contributed by atoms with Crippen molar-refractivity contribution in [3.63, 3.8) is 0 Å². The van der Waals surface area contributed by atoms with Gasteiger partial charge >= 0.3 is 0 Å². The van der Waals surface area contributed by atoms with E-state index >= 15 is 0 Å². The molecule has 1 aromatic carbocycles. The zero-order valence-corrected chi connectivity index (χ0v) is 11.6. The summed E-state index contributed by atoms with van der Waals surface area (Å²) in [7, 11) is 2.09. The van der Waals surface area contributed by atoms with E-state index in [1.165, 1.54) is 11.1 Å². The van der Waals surface area contributed by atoms with Crippen molar-refractivity contribution in [2.24, 2.45) is 4.99 Å². The van der Waals surface area contributed by atoms with Gasteiger partial charge in [0, 0.05) is 26.7 Å². The Morgan fingerprint density at radius 1 is 1.39 bits per heavy atom. The van der Waals surface area contributed by atoms with Crippen LogP contribution >= 0.6 is 0 Å². The van der Waals surface area contributed by atoms with Gasteiger partial charge in [0.25, 0.3) is 0 Å². The highest BCUT2D eigenvalue weighted by atomic mass is 15.3. The van der Waals surface area contributed by atoms with Gasteiger partial charge in [-0.3, -0.25) is 4.99 Å². The van der Waals surface area contributed by atoms with Crippen LogP contribution in [-0.4, -0.2) is 31.0 Å². The van der Waals surface area contributed by atoms with E-state index in [0.29, 0.717) is 5.92 Å². The van der Waals surface area contributed by atoms with Gasteiger partial charge in [0.2, 0.25) is 0 Å². The van der Waals surface area contributed by atoms with Gasteiger partial charge in [0.15, 0.2) is 5.96 Å². The van der Waals surface area contributed by atoms with Crippen LogP contribution in [0.4, 0.5) is 0 Å². The number of nitrogens with one attached hydrogen (secondary N) is 1. The standard InChI is InChI=1S/C15H23N3/c1-12(2)14-7-4-6-13(10-14)11-17-15-16-8-5-9-18(15)3/h4,6-7,10,12H,5,8-9,11H2,1-3H3,(H,16,17). The lowest BCUT2D eigenvalue weighted by Gasteiger charge is -2.25. The van der Waals surface area contributed by atoms with E-state index in [1.54, 1.807) is 0 Å². The molecule has 3 nitrogen and oxygen atoms in total. The van der Waals surface area contributed by atoms with Crippen molar-refractivity contribution < 1.29 is 0 Å². The molecule has 0 aromatic heterocycles. The Kier molecular flexibility index (Phi) is 4.24. The lowest BCUT2D eigenvalue weighted by atomic mass is 10.0. The molecule has 0 atom stereocenters. The molecule has 0 unspecified atom stereocenters. The number of guanidine groups is 1. The largest absolute Gasteiger partial charge is 0.352 e. The Morgan fingerprint density at radius 3 is 2.94 bits per heavy atom. The quantitative estimate of drug-likeness (QED) is 0.886. The Morgan fingerprint density at radius 2 is 2.22 bits per heavy atom. The molecule has 0 saturated heterocycles. The molecule has 0 spiro atoms. The van der Waals surface area contributed by atoms with Gasteiger partial charge in [-0.2, -0.15) is 0 Å². The molecular weight excluding hydrogens is 222 g/mol. The Labute approximate surface area is 110 Å². The average molecular weight is 245 g/mol. The molecule has 3 heteroatoms. The molecular formula is C15H23N3. The van der Waals surface area contributed by atoms with Gasteiger partial charge in [-0.05, 0) is 23.5 Å². The van der Waals surface area contributed by atoms with Crippen LogP contribution < -0.4 is 5.32 Å². The smallest absolute Gasteiger partial charge is 0.193 e. The first kappa shape index (κ1) is 12.9. The molecule has 0 aliphatic carbocycles. The number of hydrogen-bond acceptors (Lipinski definition) is 3. The monoisotopic (exact) mass is 245 g/mol. The van der Waals surface area contributed by atoms with Gasteiger partial charge < -0.3 is 10.2 Å². The topological polar surface area (TPSA) is 27.6 Å². The van der Waals surface area contributed by atoms with Crippen LogP contribution in [0.2, 0.25) is 0 Å². The first-order chi connectivity index (χ1) is 8.66. The summed E-state index contributed by atoms with van der Waals surface area (Å²) in [6.07, 6.45) is 1.16. The van der Waals surface area contributed by atoms with E-state index in [9.17, 15) is 0 Å². The molecule has 1 aliphatic rings. The predicted octanol–water partition coefficient (Wildman–Crippen LogP) is 2.59. The molecule has 0 amide bonds. The summed E-state index contributed by atoms with van der Waals surface area (Å²) in [5.41, 5.74) is 2.72. The molecule has 0 bridgehead atoms. The molecule has 0 radical (unpaired) electrons. The highest BCUT2D eigenvalue weighted by Crippen LogP contribution is 2.15. The summed E-state index contributed by atoms with van der Waals surface area (Å²) in [4.78, 5) is 6.70. The summed E-state index contributed by atoms with van der Waals surface area (Å²) in [5.74, 6) is 1.61. The van der Waals surface area contributed by atoms with Crippen LogP contribution in [0.25, 0.3) is 0 Å². The third-order valence-corrected chi connectivity index (χ3v) is 3.34. The fourth-order valence-electron chi connectivity index (χ4n) is 2.15. The van der Waals surface area contributed by atoms with Crippen molar-refractivity contribution in [1.29, 1.82) is 0 Å². The van der Waals surface area contributed by atoms with Crippen LogP contribution in [-0.2, 0) is 6.54 Å². The third-order valence-electron chi connectivity index (χ3n) is 3.34. The minimum Gasteiger partial charge on any atom is -0.352 e. The zero-order valence-electron chi connectivity index (χ0n) is 11.6. The number of nitrogens with zero attached hydrogens (tertiary/aromatic N) is 2. The summed E-state index contributed by atoms with van der Waals surface area (Å²) in [6.45, 7) is 7.34. The Bertz CT molecular complexity index is 424. The number of aliphatic imine (C=N–C) groups is 1. The Balaban J connectivity index is 1.97. The van der Waals surface area contributed by atoms with E-state index in [4.69, 9.17) is 0 Å².